The number of carbonyl (C=O) groups is 1. The molecule has 0 saturated heterocycles. The van der Waals surface area contributed by atoms with E-state index >= 15 is 0 Å². The minimum Gasteiger partial charge on any atom is -0.773 e. The lowest BCUT2D eigenvalue weighted by Crippen LogP contribution is -2.32. The lowest BCUT2D eigenvalue weighted by Gasteiger charge is -2.15. The first-order valence-corrected chi connectivity index (χ1v) is 10.0. The zero-order valence-electron chi connectivity index (χ0n) is 17.4. The van der Waals surface area contributed by atoms with Crippen molar-refractivity contribution in [3.63, 3.8) is 0 Å². The summed E-state index contributed by atoms with van der Waals surface area (Å²) in [6.45, 7) is 0.0145. The van der Waals surface area contributed by atoms with Gasteiger partial charge in [-0.25, -0.2) is 14.8 Å². The molecule has 0 spiro atoms. The van der Waals surface area contributed by atoms with E-state index in [-0.39, 0.29) is 6.54 Å². The van der Waals surface area contributed by atoms with Crippen LogP contribution in [0.15, 0.2) is 72.0 Å². The molecule has 0 radical (unpaired) electrons. The number of rotatable bonds is 6. The molecule has 0 saturated carbocycles. The molecule has 0 fully saturated rings. The van der Waals surface area contributed by atoms with Crippen LogP contribution in [-0.4, -0.2) is 37.6 Å². The fourth-order valence-corrected chi connectivity index (χ4v) is 3.31. The van der Waals surface area contributed by atoms with E-state index in [0.29, 0.717) is 24.1 Å². The van der Waals surface area contributed by atoms with Crippen LogP contribution in [0.5, 0.6) is 0 Å². The molecule has 0 bridgehead atoms. The third kappa shape index (κ3) is 4.72. The Morgan fingerprint density at radius 3 is 2.47 bits per heavy atom. The quantitative estimate of drug-likeness (QED) is 0.374. The molecular weight excluding hydrogens is 408 g/mol. The number of hydrogen-bond donors (Lipinski definition) is 1. The minimum absolute atomic E-state index is 0.294. The summed E-state index contributed by atoms with van der Waals surface area (Å²) in [5.74, 6) is -0.611. The van der Waals surface area contributed by atoms with Crippen LogP contribution in [0.4, 0.5) is 4.79 Å². The third-order valence-corrected chi connectivity index (χ3v) is 4.96. The largest absolute Gasteiger partial charge is 0.773 e. The number of aryl methyl sites for hydroxylation is 1. The van der Waals surface area contributed by atoms with Gasteiger partial charge in [0.15, 0.2) is 11.2 Å². The number of nitrogens with zero attached hydrogens (tertiary/aromatic N) is 5. The second-order valence-electron chi connectivity index (χ2n) is 7.23. The Balaban J connectivity index is 1.26. The molecule has 4 rings (SSSR count). The molecule has 0 aliphatic rings. The predicted octanol–water partition coefficient (Wildman–Crippen LogP) is 2.73. The number of alkyl carbamates (subject to hydrolysis) is 1. The molecule has 32 heavy (non-hydrogen) atoms. The van der Waals surface area contributed by atoms with Crippen molar-refractivity contribution in [1.29, 1.82) is 0 Å². The zero-order chi connectivity index (χ0) is 22.5. The van der Waals surface area contributed by atoms with E-state index in [2.05, 4.69) is 27.4 Å². The molecule has 2 aromatic heterocycles. The SMILES string of the molecule is Cn1cnc2ncn(CC(=[N-])OC(=O)NCCc3ccc(-c4ccccc4)cc3)c(=O)c21. The maximum absolute atomic E-state index is 12.5. The van der Waals surface area contributed by atoms with Gasteiger partial charge in [0.2, 0.25) is 0 Å². The monoisotopic (exact) mass is 429 g/mol. The summed E-state index contributed by atoms with van der Waals surface area (Å²) in [6, 6.07) is 18.2. The summed E-state index contributed by atoms with van der Waals surface area (Å²) >= 11 is 0. The van der Waals surface area contributed by atoms with Crippen LogP contribution < -0.4 is 10.9 Å². The van der Waals surface area contributed by atoms with Crippen molar-refractivity contribution < 1.29 is 9.53 Å². The minimum atomic E-state index is -0.800. The Morgan fingerprint density at radius 1 is 1.03 bits per heavy atom. The number of hydrogen-bond acceptors (Lipinski definition) is 5. The standard InChI is InChI=1S/C23H21N6O3/c1-28-14-26-21-20(28)22(30)29(15-27-21)13-19(24)32-23(31)25-12-11-16-7-9-18(10-8-16)17-5-3-2-4-6-17/h2-10,14-15H,11-13H2,1H3,(H,25,31)/q-1. The van der Waals surface area contributed by atoms with Gasteiger partial charge < -0.3 is 20.0 Å². The van der Waals surface area contributed by atoms with Crippen molar-refractivity contribution >= 4 is 23.2 Å². The van der Waals surface area contributed by atoms with Crippen molar-refractivity contribution in [2.24, 2.45) is 7.05 Å². The van der Waals surface area contributed by atoms with Crippen LogP contribution in [-0.2, 0) is 24.8 Å². The molecule has 1 N–H and O–H groups in total. The van der Waals surface area contributed by atoms with Crippen molar-refractivity contribution in [2.75, 3.05) is 6.54 Å². The predicted molar refractivity (Wildman–Crippen MR) is 121 cm³/mol. The van der Waals surface area contributed by atoms with Gasteiger partial charge in [0.1, 0.15) is 6.33 Å². The summed E-state index contributed by atoms with van der Waals surface area (Å²) in [5.41, 5.74) is 3.52. The summed E-state index contributed by atoms with van der Waals surface area (Å²) in [6.07, 6.45) is 2.53. The van der Waals surface area contributed by atoms with Crippen LogP contribution in [0.1, 0.15) is 5.56 Å². The summed E-state index contributed by atoms with van der Waals surface area (Å²) in [4.78, 5) is 32.5. The molecule has 0 aliphatic heterocycles. The molecule has 2 aromatic carbocycles. The second kappa shape index (κ2) is 9.25. The highest BCUT2D eigenvalue weighted by Crippen LogP contribution is 2.19. The fraction of sp³-hybridized carbons (Fsp3) is 0.174. The third-order valence-electron chi connectivity index (χ3n) is 4.96. The van der Waals surface area contributed by atoms with Crippen molar-refractivity contribution in [2.45, 2.75) is 13.0 Å². The maximum atomic E-state index is 12.5. The van der Waals surface area contributed by atoms with Crippen LogP contribution >= 0.6 is 0 Å². The zero-order valence-corrected chi connectivity index (χ0v) is 17.4. The number of imidazole rings is 1. The highest BCUT2D eigenvalue weighted by Gasteiger charge is 2.10. The van der Waals surface area contributed by atoms with E-state index in [9.17, 15) is 15.0 Å². The van der Waals surface area contributed by atoms with Gasteiger partial charge in [-0.05, 0) is 23.1 Å². The van der Waals surface area contributed by atoms with Crippen LogP contribution in [0.25, 0.3) is 27.7 Å². The molecule has 1 amide bonds. The molecule has 4 aromatic rings. The topological polar surface area (TPSA) is 113 Å². The first kappa shape index (κ1) is 21.0. The smallest absolute Gasteiger partial charge is 0.410 e. The first-order chi connectivity index (χ1) is 15.5. The Kier molecular flexibility index (Phi) is 6.07. The number of benzene rings is 2. The van der Waals surface area contributed by atoms with Crippen molar-refractivity contribution in [1.82, 2.24) is 24.4 Å². The molecule has 9 heteroatoms. The van der Waals surface area contributed by atoms with E-state index < -0.39 is 17.6 Å². The molecule has 9 nitrogen and oxygen atoms in total. The van der Waals surface area contributed by atoms with E-state index in [1.54, 1.807) is 7.05 Å². The van der Waals surface area contributed by atoms with Crippen LogP contribution in [0, 0.1) is 0 Å². The van der Waals surface area contributed by atoms with Gasteiger partial charge in [-0.2, -0.15) is 0 Å². The van der Waals surface area contributed by atoms with Gasteiger partial charge in [0.25, 0.3) is 5.56 Å². The Labute approximate surface area is 183 Å². The normalized spacial score (nSPS) is 10.8. The van der Waals surface area contributed by atoms with Gasteiger partial charge in [-0.15, -0.1) is 0 Å². The van der Waals surface area contributed by atoms with Gasteiger partial charge in [0, 0.05) is 19.5 Å². The van der Waals surface area contributed by atoms with Gasteiger partial charge >= 0.3 is 6.09 Å². The van der Waals surface area contributed by atoms with E-state index in [1.165, 1.54) is 17.2 Å². The Bertz CT molecular complexity index is 1310. The fourth-order valence-electron chi connectivity index (χ4n) is 3.31. The molecule has 162 valence electrons. The lowest BCUT2D eigenvalue weighted by molar-refractivity contribution is 0.196. The van der Waals surface area contributed by atoms with E-state index in [4.69, 9.17) is 4.74 Å². The highest BCUT2D eigenvalue weighted by atomic mass is 16.6. The highest BCUT2D eigenvalue weighted by molar-refractivity contribution is 5.89. The molecule has 2 heterocycles. The van der Waals surface area contributed by atoms with Gasteiger partial charge in [-0.3, -0.25) is 9.36 Å². The number of amides is 1. The Hall–Kier alpha value is -4.27. The summed E-state index contributed by atoms with van der Waals surface area (Å²) in [7, 11) is 1.67. The van der Waals surface area contributed by atoms with Crippen LogP contribution in [0.3, 0.4) is 0 Å². The number of nitrogens with one attached hydrogen (secondary N) is 1. The summed E-state index contributed by atoms with van der Waals surface area (Å²) in [5, 5.41) is 12.6. The number of ether oxygens (including phenoxy) is 1. The van der Waals surface area contributed by atoms with Crippen LogP contribution in [0.2, 0.25) is 0 Å². The van der Waals surface area contributed by atoms with Gasteiger partial charge in [-0.1, -0.05) is 54.6 Å². The average Bonchev–Trinajstić information content (AvgIpc) is 3.18. The van der Waals surface area contributed by atoms with E-state index in [0.717, 1.165) is 21.3 Å². The maximum Gasteiger partial charge on any atom is 0.410 e. The number of aromatic nitrogens is 4. The van der Waals surface area contributed by atoms with Gasteiger partial charge in [0.05, 0.1) is 12.9 Å². The average molecular weight is 429 g/mol. The second-order valence-corrected chi connectivity index (χ2v) is 7.23. The molecule has 0 aliphatic carbocycles. The van der Waals surface area contributed by atoms with Crippen molar-refractivity contribution in [3.8, 4) is 11.1 Å². The molecule has 0 unspecified atom stereocenters. The molecule has 0 atom stereocenters. The Morgan fingerprint density at radius 2 is 1.72 bits per heavy atom. The first-order valence-electron chi connectivity index (χ1n) is 10.0. The lowest BCUT2D eigenvalue weighted by atomic mass is 10.0. The summed E-state index contributed by atoms with van der Waals surface area (Å²) < 4.78 is 7.54. The number of carbonyl (C=O) groups excluding carboxylic acids is 1. The molecular formula is C23H21N6O3-. The van der Waals surface area contributed by atoms with Crippen molar-refractivity contribution in [3.05, 3.63) is 88.6 Å². The number of fused-ring (bicyclic) bond motifs is 1. The van der Waals surface area contributed by atoms with E-state index in [1.807, 2.05) is 42.5 Å².